The molecule has 146 valence electrons. The van der Waals surface area contributed by atoms with Crippen LogP contribution in [0.2, 0.25) is 0 Å². The van der Waals surface area contributed by atoms with Crippen LogP contribution < -0.4 is 15.1 Å². The number of anilines is 2. The van der Waals surface area contributed by atoms with Crippen molar-refractivity contribution in [2.75, 3.05) is 43.1 Å². The highest BCUT2D eigenvalue weighted by atomic mass is 19.1. The van der Waals surface area contributed by atoms with Crippen LogP contribution in [0.3, 0.4) is 0 Å². The Morgan fingerprint density at radius 3 is 2.78 bits per heavy atom. The fourth-order valence-corrected chi connectivity index (χ4v) is 3.24. The number of hydrogen-bond donors (Lipinski definition) is 1. The lowest BCUT2D eigenvalue weighted by Gasteiger charge is -2.30. The van der Waals surface area contributed by atoms with Crippen molar-refractivity contribution in [2.24, 2.45) is 5.16 Å². The molecule has 0 bridgehead atoms. The zero-order valence-corrected chi connectivity index (χ0v) is 15.4. The Morgan fingerprint density at radius 1 is 1.41 bits per heavy atom. The maximum absolute atomic E-state index is 14.7. The summed E-state index contributed by atoms with van der Waals surface area (Å²) in [5, 5.41) is 6.57. The van der Waals surface area contributed by atoms with Crippen molar-refractivity contribution in [3.8, 4) is 0 Å². The van der Waals surface area contributed by atoms with Crippen LogP contribution >= 0.6 is 0 Å². The molecular formula is C18H23FN4O4. The molecule has 9 heteroatoms. The summed E-state index contributed by atoms with van der Waals surface area (Å²) in [6.45, 7) is 3.20. The van der Waals surface area contributed by atoms with Crippen LogP contribution in [-0.4, -0.2) is 57.1 Å². The van der Waals surface area contributed by atoms with Crippen LogP contribution in [0.15, 0.2) is 23.4 Å². The van der Waals surface area contributed by atoms with Gasteiger partial charge in [-0.3, -0.25) is 9.69 Å². The van der Waals surface area contributed by atoms with Crippen LogP contribution in [0.25, 0.3) is 0 Å². The summed E-state index contributed by atoms with van der Waals surface area (Å²) in [7, 11) is 1.52. The standard InChI is InChI=1S/C18H23FN4O4/c1-12(24)20-10-15-11-23(18(25)27-15)14-3-4-17(16(19)9-14)22-7-5-13(6-8-22)21-26-2/h3-4,9,15H,5-8,10-11H2,1-2H3,(H,20,24)/t15-/m0/s1. The van der Waals surface area contributed by atoms with E-state index in [1.165, 1.54) is 25.0 Å². The first-order valence-corrected chi connectivity index (χ1v) is 8.84. The molecule has 1 N–H and O–H groups in total. The Labute approximate surface area is 156 Å². The van der Waals surface area contributed by atoms with E-state index in [-0.39, 0.29) is 19.0 Å². The summed E-state index contributed by atoms with van der Waals surface area (Å²) in [5.41, 5.74) is 1.90. The van der Waals surface area contributed by atoms with Crippen molar-refractivity contribution in [1.29, 1.82) is 0 Å². The average Bonchev–Trinajstić information content (AvgIpc) is 3.02. The third kappa shape index (κ3) is 4.47. The molecule has 8 nitrogen and oxygen atoms in total. The van der Waals surface area contributed by atoms with Crippen LogP contribution in [0.5, 0.6) is 0 Å². The maximum atomic E-state index is 14.7. The lowest BCUT2D eigenvalue weighted by atomic mass is 10.1. The second-order valence-corrected chi connectivity index (χ2v) is 6.52. The molecular weight excluding hydrogens is 355 g/mol. The van der Waals surface area contributed by atoms with Crippen molar-refractivity contribution in [1.82, 2.24) is 5.32 Å². The molecule has 0 saturated carbocycles. The van der Waals surface area contributed by atoms with E-state index in [2.05, 4.69) is 10.5 Å². The molecule has 3 rings (SSSR count). The third-order valence-electron chi connectivity index (χ3n) is 4.60. The van der Waals surface area contributed by atoms with Gasteiger partial charge in [-0.1, -0.05) is 5.16 Å². The Bertz CT molecular complexity index is 745. The smallest absolute Gasteiger partial charge is 0.414 e. The lowest BCUT2D eigenvalue weighted by molar-refractivity contribution is -0.119. The summed E-state index contributed by atoms with van der Waals surface area (Å²) in [4.78, 5) is 31.2. The zero-order chi connectivity index (χ0) is 19.4. The molecule has 2 fully saturated rings. The summed E-state index contributed by atoms with van der Waals surface area (Å²) in [6, 6.07) is 4.73. The number of cyclic esters (lactones) is 1. The van der Waals surface area contributed by atoms with Gasteiger partial charge in [-0.2, -0.15) is 0 Å². The highest BCUT2D eigenvalue weighted by Gasteiger charge is 2.33. The number of nitrogens with zero attached hydrogens (tertiary/aromatic N) is 3. The molecule has 1 atom stereocenters. The van der Waals surface area contributed by atoms with E-state index in [0.29, 0.717) is 24.5 Å². The van der Waals surface area contributed by atoms with E-state index >= 15 is 0 Å². The van der Waals surface area contributed by atoms with E-state index in [9.17, 15) is 14.0 Å². The van der Waals surface area contributed by atoms with Crippen molar-refractivity contribution >= 4 is 29.1 Å². The quantitative estimate of drug-likeness (QED) is 0.791. The van der Waals surface area contributed by atoms with Crippen molar-refractivity contribution in [3.63, 3.8) is 0 Å². The van der Waals surface area contributed by atoms with Gasteiger partial charge in [0.15, 0.2) is 0 Å². The number of rotatable bonds is 5. The largest absolute Gasteiger partial charge is 0.442 e. The number of amides is 2. The van der Waals surface area contributed by atoms with Crippen LogP contribution in [0, 0.1) is 5.82 Å². The molecule has 2 heterocycles. The number of benzene rings is 1. The van der Waals surface area contributed by atoms with Gasteiger partial charge in [-0.15, -0.1) is 0 Å². The molecule has 0 spiro atoms. The predicted molar refractivity (Wildman–Crippen MR) is 98.6 cm³/mol. The highest BCUT2D eigenvalue weighted by Crippen LogP contribution is 2.29. The molecule has 2 amide bonds. The van der Waals surface area contributed by atoms with Gasteiger partial charge in [-0.25, -0.2) is 9.18 Å². The molecule has 0 aromatic heterocycles. The third-order valence-corrected chi connectivity index (χ3v) is 4.60. The summed E-state index contributed by atoms with van der Waals surface area (Å²) in [6.07, 6.45) is 0.442. The Hall–Kier alpha value is -2.84. The van der Waals surface area contributed by atoms with Gasteiger partial charge in [-0.05, 0) is 18.2 Å². The normalized spacial score (nSPS) is 19.7. The van der Waals surface area contributed by atoms with Crippen molar-refractivity contribution < 1.29 is 23.6 Å². The Kier molecular flexibility index (Phi) is 5.78. The predicted octanol–water partition coefficient (Wildman–Crippen LogP) is 1.89. The number of nitrogens with one attached hydrogen (secondary N) is 1. The topological polar surface area (TPSA) is 83.5 Å². The molecule has 2 aliphatic rings. The number of carbonyl (C=O) groups is 2. The first-order valence-electron chi connectivity index (χ1n) is 8.84. The van der Waals surface area contributed by atoms with E-state index < -0.39 is 18.0 Å². The van der Waals surface area contributed by atoms with Crippen LogP contribution in [-0.2, 0) is 14.4 Å². The maximum Gasteiger partial charge on any atom is 0.414 e. The van der Waals surface area contributed by atoms with Gasteiger partial charge >= 0.3 is 6.09 Å². The second kappa shape index (κ2) is 8.24. The first-order chi connectivity index (χ1) is 13.0. The van der Waals surface area contributed by atoms with E-state index in [1.807, 2.05) is 4.90 Å². The molecule has 1 aromatic rings. The summed E-state index contributed by atoms with van der Waals surface area (Å²) < 4.78 is 19.9. The SMILES string of the molecule is CON=C1CCN(c2ccc(N3C[C@H](CNC(C)=O)OC3=O)cc2F)CC1. The van der Waals surface area contributed by atoms with Crippen molar-refractivity contribution in [2.45, 2.75) is 25.9 Å². The Balaban J connectivity index is 1.66. The number of carbonyl (C=O) groups excluding carboxylic acids is 2. The zero-order valence-electron chi connectivity index (χ0n) is 15.4. The van der Waals surface area contributed by atoms with Crippen molar-refractivity contribution in [3.05, 3.63) is 24.0 Å². The highest BCUT2D eigenvalue weighted by molar-refractivity contribution is 5.90. The number of hydrogen-bond acceptors (Lipinski definition) is 6. The molecule has 2 aliphatic heterocycles. The summed E-state index contributed by atoms with van der Waals surface area (Å²) >= 11 is 0. The molecule has 1 aromatic carbocycles. The minimum atomic E-state index is -0.545. The number of halogens is 1. The van der Waals surface area contributed by atoms with Gasteiger partial charge in [0, 0.05) is 32.9 Å². The minimum absolute atomic E-state index is 0.194. The molecule has 2 saturated heterocycles. The van der Waals surface area contributed by atoms with Gasteiger partial charge in [0.2, 0.25) is 5.91 Å². The number of ether oxygens (including phenoxy) is 1. The van der Waals surface area contributed by atoms with Crippen LogP contribution in [0.4, 0.5) is 20.6 Å². The molecule has 0 radical (unpaired) electrons. The van der Waals surface area contributed by atoms with Gasteiger partial charge < -0.3 is 19.8 Å². The van der Waals surface area contributed by atoms with Gasteiger partial charge in [0.25, 0.3) is 0 Å². The van der Waals surface area contributed by atoms with Crippen LogP contribution in [0.1, 0.15) is 19.8 Å². The van der Waals surface area contributed by atoms with Gasteiger partial charge in [0.1, 0.15) is 19.0 Å². The monoisotopic (exact) mass is 378 g/mol. The molecule has 27 heavy (non-hydrogen) atoms. The number of piperidine rings is 1. The van der Waals surface area contributed by atoms with E-state index in [0.717, 1.165) is 18.6 Å². The summed E-state index contributed by atoms with van der Waals surface area (Å²) in [5.74, 6) is -0.585. The fraction of sp³-hybridized carbons (Fsp3) is 0.500. The molecule has 0 aliphatic carbocycles. The Morgan fingerprint density at radius 2 is 2.15 bits per heavy atom. The second-order valence-electron chi connectivity index (χ2n) is 6.52. The lowest BCUT2D eigenvalue weighted by Crippen LogP contribution is -2.34. The minimum Gasteiger partial charge on any atom is -0.442 e. The van der Waals surface area contributed by atoms with E-state index in [4.69, 9.17) is 9.57 Å². The average molecular weight is 378 g/mol. The van der Waals surface area contributed by atoms with E-state index in [1.54, 1.807) is 12.1 Å². The number of oxime groups is 1. The molecule has 0 unspecified atom stereocenters. The fourth-order valence-electron chi connectivity index (χ4n) is 3.24. The van der Waals surface area contributed by atoms with Gasteiger partial charge in [0.05, 0.1) is 30.2 Å². The first kappa shape index (κ1) is 18.9.